The molecule has 2 aromatic rings. The van der Waals surface area contributed by atoms with Crippen LogP contribution in [0.15, 0.2) is 5.38 Å². The van der Waals surface area contributed by atoms with E-state index in [2.05, 4.69) is 16.4 Å². The maximum absolute atomic E-state index is 11.0. The Hall–Kier alpha value is -2.20. The lowest BCUT2D eigenvalue weighted by Crippen LogP contribution is -2.12. The van der Waals surface area contributed by atoms with E-state index in [1.165, 1.54) is 16.0 Å². The highest BCUT2D eigenvalue weighted by Crippen LogP contribution is 2.34. The maximum atomic E-state index is 11.0. The Morgan fingerprint density at radius 1 is 1.50 bits per heavy atom. The molecule has 0 unspecified atom stereocenters. The van der Waals surface area contributed by atoms with Crippen LogP contribution in [0.2, 0.25) is 0 Å². The molecule has 0 spiro atoms. The molecule has 0 amide bonds. The average Bonchev–Trinajstić information content (AvgIpc) is 2.90. The van der Waals surface area contributed by atoms with Crippen molar-refractivity contribution < 1.29 is 9.90 Å². The van der Waals surface area contributed by atoms with Gasteiger partial charge in [0.1, 0.15) is 11.1 Å². The summed E-state index contributed by atoms with van der Waals surface area (Å²) in [6.07, 6.45) is 0. The molecule has 6 nitrogen and oxygen atoms in total. The summed E-state index contributed by atoms with van der Waals surface area (Å²) in [5, 5.41) is 28.4. The van der Waals surface area contributed by atoms with Crippen LogP contribution in [-0.2, 0) is 5.41 Å². The van der Waals surface area contributed by atoms with Crippen LogP contribution in [-0.4, -0.2) is 26.1 Å². The van der Waals surface area contributed by atoms with Gasteiger partial charge < -0.3 is 5.11 Å². The monoisotopic (exact) mass is 290 g/mol. The highest BCUT2D eigenvalue weighted by atomic mass is 32.1. The van der Waals surface area contributed by atoms with Crippen molar-refractivity contribution in [2.75, 3.05) is 0 Å². The predicted molar refractivity (Wildman–Crippen MR) is 74.3 cm³/mol. The number of rotatable bonds is 2. The molecule has 1 N–H and O–H groups in total. The van der Waals surface area contributed by atoms with Gasteiger partial charge in [-0.2, -0.15) is 5.26 Å². The van der Waals surface area contributed by atoms with Crippen molar-refractivity contribution in [3.8, 4) is 11.1 Å². The molecule has 0 fully saturated rings. The zero-order valence-corrected chi connectivity index (χ0v) is 12.4. The number of aromatic nitrogens is 3. The molecular formula is C13H14N4O2S. The molecular weight excluding hydrogens is 276 g/mol. The van der Waals surface area contributed by atoms with E-state index in [9.17, 15) is 10.1 Å². The van der Waals surface area contributed by atoms with Crippen molar-refractivity contribution in [3.63, 3.8) is 0 Å². The summed E-state index contributed by atoms with van der Waals surface area (Å²) >= 11 is 1.36. The van der Waals surface area contributed by atoms with Crippen molar-refractivity contribution in [2.45, 2.75) is 33.1 Å². The van der Waals surface area contributed by atoms with E-state index in [0.29, 0.717) is 16.3 Å². The fourth-order valence-corrected chi connectivity index (χ4v) is 3.13. The molecule has 0 saturated heterocycles. The first-order valence-corrected chi connectivity index (χ1v) is 6.83. The molecule has 2 heterocycles. The smallest absolute Gasteiger partial charge is 0.358 e. The van der Waals surface area contributed by atoms with Gasteiger partial charge in [-0.05, 0) is 23.3 Å². The molecule has 0 saturated carbocycles. The average molecular weight is 290 g/mol. The summed E-state index contributed by atoms with van der Waals surface area (Å²) in [7, 11) is 0. The molecule has 2 rings (SSSR count). The Kier molecular flexibility index (Phi) is 3.36. The van der Waals surface area contributed by atoms with Gasteiger partial charge in [0.25, 0.3) is 0 Å². The van der Waals surface area contributed by atoms with Gasteiger partial charge in [-0.25, -0.2) is 9.48 Å². The molecule has 0 aliphatic carbocycles. The second-order valence-corrected chi connectivity index (χ2v) is 6.29. The summed E-state index contributed by atoms with van der Waals surface area (Å²) in [6.45, 7) is 7.70. The second kappa shape index (κ2) is 4.72. The number of thiophene rings is 1. The first-order chi connectivity index (χ1) is 9.27. The van der Waals surface area contributed by atoms with Gasteiger partial charge in [0.05, 0.1) is 11.3 Å². The largest absolute Gasteiger partial charge is 0.476 e. The topological polar surface area (TPSA) is 91.8 Å². The third-order valence-electron chi connectivity index (χ3n) is 2.98. The van der Waals surface area contributed by atoms with Gasteiger partial charge in [-0.3, -0.25) is 0 Å². The quantitative estimate of drug-likeness (QED) is 0.917. The number of carbonyl (C=O) groups is 1. The molecule has 20 heavy (non-hydrogen) atoms. The van der Waals surface area contributed by atoms with Crippen LogP contribution in [0.4, 0.5) is 0 Å². The van der Waals surface area contributed by atoms with E-state index in [4.69, 9.17) is 5.11 Å². The standard InChI is InChI=1S/C13H14N4O2S/c1-7-10(12(18)19)15-16-17(7)11-8(5-14)9(6-20-11)13(2,3)4/h6H,1-4H3,(H,18,19). The highest BCUT2D eigenvalue weighted by molar-refractivity contribution is 7.13. The molecule has 0 aromatic carbocycles. The molecule has 2 aromatic heterocycles. The van der Waals surface area contributed by atoms with Gasteiger partial charge in [0.2, 0.25) is 0 Å². The number of hydrogen-bond acceptors (Lipinski definition) is 5. The lowest BCUT2D eigenvalue weighted by molar-refractivity contribution is 0.0689. The van der Waals surface area contributed by atoms with Crippen molar-refractivity contribution in [2.24, 2.45) is 0 Å². The highest BCUT2D eigenvalue weighted by Gasteiger charge is 2.25. The Morgan fingerprint density at radius 2 is 2.15 bits per heavy atom. The SMILES string of the molecule is Cc1c(C(=O)O)nnn1-c1scc(C(C)(C)C)c1C#N. The van der Waals surface area contributed by atoms with Gasteiger partial charge in [0.15, 0.2) is 5.69 Å². The van der Waals surface area contributed by atoms with Crippen molar-refractivity contribution in [1.29, 1.82) is 5.26 Å². The van der Waals surface area contributed by atoms with E-state index >= 15 is 0 Å². The number of nitriles is 1. The van der Waals surface area contributed by atoms with Crippen LogP contribution in [0.3, 0.4) is 0 Å². The molecule has 0 atom stereocenters. The number of nitrogens with zero attached hydrogens (tertiary/aromatic N) is 4. The number of carboxylic acids is 1. The van der Waals surface area contributed by atoms with E-state index in [-0.39, 0.29) is 11.1 Å². The molecule has 0 bridgehead atoms. The Bertz CT molecular complexity index is 716. The molecule has 7 heteroatoms. The van der Waals surface area contributed by atoms with Crippen LogP contribution in [0.25, 0.3) is 5.00 Å². The first kappa shape index (κ1) is 14.2. The van der Waals surface area contributed by atoms with Gasteiger partial charge >= 0.3 is 5.97 Å². The van der Waals surface area contributed by atoms with Crippen LogP contribution >= 0.6 is 11.3 Å². The van der Waals surface area contributed by atoms with Gasteiger partial charge in [-0.1, -0.05) is 26.0 Å². The fraction of sp³-hybridized carbons (Fsp3) is 0.385. The Morgan fingerprint density at radius 3 is 2.60 bits per heavy atom. The fourth-order valence-electron chi connectivity index (χ4n) is 1.88. The van der Waals surface area contributed by atoms with E-state index < -0.39 is 5.97 Å². The maximum Gasteiger partial charge on any atom is 0.358 e. The minimum absolute atomic E-state index is 0.0976. The van der Waals surface area contributed by atoms with Crippen molar-refractivity contribution in [3.05, 3.63) is 27.9 Å². The molecule has 0 radical (unpaired) electrons. The van der Waals surface area contributed by atoms with Gasteiger partial charge in [-0.15, -0.1) is 16.4 Å². The summed E-state index contributed by atoms with van der Waals surface area (Å²) in [4.78, 5) is 11.0. The first-order valence-electron chi connectivity index (χ1n) is 5.95. The summed E-state index contributed by atoms with van der Waals surface area (Å²) in [6, 6.07) is 2.19. The summed E-state index contributed by atoms with van der Waals surface area (Å²) in [5.41, 5.74) is 1.60. The zero-order valence-electron chi connectivity index (χ0n) is 11.6. The normalized spacial score (nSPS) is 11.3. The predicted octanol–water partition coefficient (Wildman–Crippen LogP) is 2.50. The van der Waals surface area contributed by atoms with Crippen LogP contribution in [0.5, 0.6) is 0 Å². The van der Waals surface area contributed by atoms with E-state index in [1.807, 2.05) is 26.2 Å². The van der Waals surface area contributed by atoms with Crippen LogP contribution < -0.4 is 0 Å². The third kappa shape index (κ3) is 2.18. The Labute approximate surface area is 120 Å². The van der Waals surface area contributed by atoms with Gasteiger partial charge in [0, 0.05) is 0 Å². The molecule has 0 aliphatic rings. The lowest BCUT2D eigenvalue weighted by Gasteiger charge is -2.17. The minimum Gasteiger partial charge on any atom is -0.476 e. The molecule has 104 valence electrons. The number of hydrogen-bond donors (Lipinski definition) is 1. The second-order valence-electron chi connectivity index (χ2n) is 5.43. The summed E-state index contributed by atoms with van der Waals surface area (Å²) in [5.74, 6) is -1.13. The van der Waals surface area contributed by atoms with Crippen molar-refractivity contribution >= 4 is 17.3 Å². The van der Waals surface area contributed by atoms with Crippen LogP contribution in [0.1, 0.15) is 48.1 Å². The minimum atomic E-state index is -1.13. The third-order valence-corrected chi connectivity index (χ3v) is 3.93. The summed E-state index contributed by atoms with van der Waals surface area (Å²) < 4.78 is 1.42. The van der Waals surface area contributed by atoms with E-state index in [1.54, 1.807) is 6.92 Å². The number of carboxylic acid groups (broad SMARTS) is 1. The molecule has 0 aliphatic heterocycles. The number of aromatic carboxylic acids is 1. The Balaban J connectivity index is 2.64. The zero-order chi connectivity index (χ0) is 15.1. The van der Waals surface area contributed by atoms with E-state index in [0.717, 1.165) is 5.56 Å². The van der Waals surface area contributed by atoms with Crippen molar-refractivity contribution in [1.82, 2.24) is 15.0 Å². The van der Waals surface area contributed by atoms with Crippen LogP contribution in [0, 0.1) is 18.3 Å². The lowest BCUT2D eigenvalue weighted by atomic mass is 9.86.